The number of nitrogens with zero attached hydrogens (tertiary/aromatic N) is 5. The second-order valence-electron chi connectivity index (χ2n) is 6.41. The lowest BCUT2D eigenvalue weighted by Gasteiger charge is -2.27. The first-order valence-electron chi connectivity index (χ1n) is 9.32. The van der Waals surface area contributed by atoms with Crippen LogP contribution in [0.4, 0.5) is 23.5 Å². The van der Waals surface area contributed by atoms with E-state index in [1.165, 1.54) is 0 Å². The standard InChI is InChI=1S/C20H19BrClN7O/c21-17-4-2-1-3-14(17)13-23-28-19-25-18(24-16-7-5-15(22)6-8-16)26-20(27-19)29-9-11-30-12-10-29/h1-8,13H,9-12H2,(H2,24,25,26,27,28). The summed E-state index contributed by atoms with van der Waals surface area (Å²) >= 11 is 9.47. The van der Waals surface area contributed by atoms with Crippen molar-refractivity contribution in [2.45, 2.75) is 0 Å². The zero-order valence-electron chi connectivity index (χ0n) is 15.9. The smallest absolute Gasteiger partial charge is 0.250 e. The molecule has 1 aliphatic heterocycles. The van der Waals surface area contributed by atoms with Crippen molar-refractivity contribution < 1.29 is 4.74 Å². The van der Waals surface area contributed by atoms with Crippen LogP contribution in [0.15, 0.2) is 58.1 Å². The fourth-order valence-electron chi connectivity index (χ4n) is 2.78. The van der Waals surface area contributed by atoms with Gasteiger partial charge in [0.15, 0.2) is 0 Å². The number of rotatable bonds is 6. The molecule has 1 fully saturated rings. The summed E-state index contributed by atoms with van der Waals surface area (Å²) in [6.07, 6.45) is 1.70. The van der Waals surface area contributed by atoms with Gasteiger partial charge in [-0.25, -0.2) is 5.43 Å². The molecule has 2 heterocycles. The van der Waals surface area contributed by atoms with Crippen LogP contribution in [-0.4, -0.2) is 47.5 Å². The first kappa shape index (κ1) is 20.5. The first-order chi connectivity index (χ1) is 14.7. The highest BCUT2D eigenvalue weighted by atomic mass is 79.9. The van der Waals surface area contributed by atoms with Crippen LogP contribution >= 0.6 is 27.5 Å². The summed E-state index contributed by atoms with van der Waals surface area (Å²) in [6, 6.07) is 15.1. The van der Waals surface area contributed by atoms with Crippen molar-refractivity contribution >= 4 is 57.3 Å². The molecular weight excluding hydrogens is 470 g/mol. The Labute approximate surface area is 187 Å². The van der Waals surface area contributed by atoms with Crippen LogP contribution in [0.2, 0.25) is 5.02 Å². The van der Waals surface area contributed by atoms with Crippen molar-refractivity contribution in [3.63, 3.8) is 0 Å². The van der Waals surface area contributed by atoms with Gasteiger partial charge in [-0.1, -0.05) is 45.7 Å². The van der Waals surface area contributed by atoms with Gasteiger partial charge in [0.1, 0.15) is 0 Å². The van der Waals surface area contributed by atoms with Gasteiger partial charge in [0.05, 0.1) is 19.4 Å². The summed E-state index contributed by atoms with van der Waals surface area (Å²) in [5.74, 6) is 1.31. The summed E-state index contributed by atoms with van der Waals surface area (Å²) in [4.78, 5) is 15.6. The number of benzene rings is 2. The molecule has 0 bridgehead atoms. The maximum absolute atomic E-state index is 5.97. The summed E-state index contributed by atoms with van der Waals surface area (Å²) < 4.78 is 6.38. The number of hydrazone groups is 1. The Kier molecular flexibility index (Phi) is 6.73. The first-order valence-corrected chi connectivity index (χ1v) is 10.5. The Balaban J connectivity index is 1.57. The number of nitrogens with one attached hydrogen (secondary N) is 2. The van der Waals surface area contributed by atoms with Gasteiger partial charge in [-0.3, -0.25) is 0 Å². The van der Waals surface area contributed by atoms with Gasteiger partial charge in [-0.05, 0) is 30.3 Å². The predicted octanol–water partition coefficient (Wildman–Crippen LogP) is 4.31. The van der Waals surface area contributed by atoms with Crippen LogP contribution in [0.25, 0.3) is 0 Å². The molecule has 3 aromatic rings. The third-order valence-electron chi connectivity index (χ3n) is 4.29. The van der Waals surface area contributed by atoms with Crippen molar-refractivity contribution in [3.8, 4) is 0 Å². The Hall–Kier alpha value is -2.75. The molecule has 2 aromatic carbocycles. The molecule has 0 aliphatic carbocycles. The van der Waals surface area contributed by atoms with Crippen molar-refractivity contribution in [1.29, 1.82) is 0 Å². The molecule has 0 spiro atoms. The number of aromatic nitrogens is 3. The highest BCUT2D eigenvalue weighted by molar-refractivity contribution is 9.10. The number of halogens is 2. The Morgan fingerprint density at radius 1 is 1.00 bits per heavy atom. The topological polar surface area (TPSA) is 87.6 Å². The molecule has 0 saturated carbocycles. The minimum Gasteiger partial charge on any atom is -0.378 e. The SMILES string of the molecule is Clc1ccc(Nc2nc(NN=Cc3ccccc3Br)nc(N3CCOCC3)n2)cc1. The van der Waals surface area contributed by atoms with Gasteiger partial charge in [-0.15, -0.1) is 0 Å². The van der Waals surface area contributed by atoms with Crippen LogP contribution in [0.5, 0.6) is 0 Å². The lowest BCUT2D eigenvalue weighted by atomic mass is 10.2. The molecule has 4 rings (SSSR count). The molecule has 154 valence electrons. The van der Waals surface area contributed by atoms with E-state index in [4.69, 9.17) is 16.3 Å². The monoisotopic (exact) mass is 487 g/mol. The number of ether oxygens (including phenoxy) is 1. The molecule has 8 nitrogen and oxygen atoms in total. The third kappa shape index (κ3) is 5.44. The Morgan fingerprint density at radius 3 is 2.50 bits per heavy atom. The molecule has 0 amide bonds. The van der Waals surface area contributed by atoms with Gasteiger partial charge in [0.2, 0.25) is 17.8 Å². The van der Waals surface area contributed by atoms with Crippen LogP contribution in [-0.2, 0) is 4.74 Å². The zero-order valence-corrected chi connectivity index (χ0v) is 18.3. The molecular formula is C20H19BrClN7O. The molecule has 0 unspecified atom stereocenters. The highest BCUT2D eigenvalue weighted by Crippen LogP contribution is 2.20. The largest absolute Gasteiger partial charge is 0.378 e. The van der Waals surface area contributed by atoms with Crippen LogP contribution in [0.3, 0.4) is 0 Å². The van der Waals surface area contributed by atoms with Gasteiger partial charge >= 0.3 is 0 Å². The molecule has 1 saturated heterocycles. The summed E-state index contributed by atoms with van der Waals surface area (Å²) in [6.45, 7) is 2.69. The predicted molar refractivity (Wildman–Crippen MR) is 123 cm³/mol. The van der Waals surface area contributed by atoms with Gasteiger partial charge in [-0.2, -0.15) is 20.1 Å². The molecule has 10 heteroatoms. The summed E-state index contributed by atoms with van der Waals surface area (Å²) in [5.41, 5.74) is 4.66. The second-order valence-corrected chi connectivity index (χ2v) is 7.70. The quantitative estimate of drug-likeness (QED) is 0.395. The van der Waals surface area contributed by atoms with Crippen molar-refractivity contribution in [3.05, 3.63) is 63.6 Å². The van der Waals surface area contributed by atoms with Gasteiger partial charge in [0.25, 0.3) is 0 Å². The minimum atomic E-state index is 0.339. The maximum Gasteiger partial charge on any atom is 0.250 e. The molecule has 0 atom stereocenters. The van der Waals surface area contributed by atoms with E-state index in [-0.39, 0.29) is 0 Å². The van der Waals surface area contributed by atoms with Gasteiger partial charge < -0.3 is 15.0 Å². The Bertz CT molecular complexity index is 1030. The fourth-order valence-corrected chi connectivity index (χ4v) is 3.29. The van der Waals surface area contributed by atoms with E-state index in [2.05, 4.69) is 51.6 Å². The summed E-state index contributed by atoms with van der Waals surface area (Å²) in [7, 11) is 0. The summed E-state index contributed by atoms with van der Waals surface area (Å²) in [5, 5.41) is 8.12. The molecule has 2 N–H and O–H groups in total. The van der Waals surface area contributed by atoms with E-state index in [0.29, 0.717) is 49.2 Å². The van der Waals surface area contributed by atoms with E-state index in [9.17, 15) is 0 Å². The molecule has 30 heavy (non-hydrogen) atoms. The lowest BCUT2D eigenvalue weighted by Crippen LogP contribution is -2.37. The molecule has 0 radical (unpaired) electrons. The highest BCUT2D eigenvalue weighted by Gasteiger charge is 2.16. The second kappa shape index (κ2) is 9.84. The number of hydrogen-bond acceptors (Lipinski definition) is 8. The number of morpholine rings is 1. The lowest BCUT2D eigenvalue weighted by molar-refractivity contribution is 0.122. The minimum absolute atomic E-state index is 0.339. The van der Waals surface area contributed by atoms with Crippen LogP contribution in [0, 0.1) is 0 Å². The van der Waals surface area contributed by atoms with Crippen LogP contribution < -0.4 is 15.6 Å². The third-order valence-corrected chi connectivity index (χ3v) is 5.27. The van der Waals surface area contributed by atoms with Gasteiger partial charge in [0, 0.05) is 33.8 Å². The van der Waals surface area contributed by atoms with E-state index < -0.39 is 0 Å². The van der Waals surface area contributed by atoms with Crippen molar-refractivity contribution in [2.75, 3.05) is 41.9 Å². The zero-order chi connectivity index (χ0) is 20.8. The van der Waals surface area contributed by atoms with E-state index in [1.807, 2.05) is 36.4 Å². The van der Waals surface area contributed by atoms with E-state index in [0.717, 1.165) is 15.7 Å². The van der Waals surface area contributed by atoms with E-state index >= 15 is 0 Å². The normalized spacial score (nSPS) is 14.1. The van der Waals surface area contributed by atoms with Crippen molar-refractivity contribution in [1.82, 2.24) is 15.0 Å². The average Bonchev–Trinajstić information content (AvgIpc) is 2.77. The Morgan fingerprint density at radius 2 is 1.73 bits per heavy atom. The average molecular weight is 489 g/mol. The number of anilines is 4. The van der Waals surface area contributed by atoms with Crippen molar-refractivity contribution in [2.24, 2.45) is 5.10 Å². The number of hydrogen-bond donors (Lipinski definition) is 2. The van der Waals surface area contributed by atoms with Crippen LogP contribution in [0.1, 0.15) is 5.56 Å². The van der Waals surface area contributed by atoms with E-state index in [1.54, 1.807) is 18.3 Å². The maximum atomic E-state index is 5.97. The molecule has 1 aromatic heterocycles. The molecule has 1 aliphatic rings. The fraction of sp³-hybridized carbons (Fsp3) is 0.200.